The fourth-order valence-corrected chi connectivity index (χ4v) is 2.33. The van der Waals surface area contributed by atoms with Gasteiger partial charge in [-0.25, -0.2) is 0 Å². The van der Waals surface area contributed by atoms with Gasteiger partial charge in [-0.2, -0.15) is 0 Å². The van der Waals surface area contributed by atoms with Crippen LogP contribution in [0.25, 0.3) is 0 Å². The molecule has 0 amide bonds. The van der Waals surface area contributed by atoms with Gasteiger partial charge < -0.3 is 10.6 Å². The van der Waals surface area contributed by atoms with E-state index in [0.717, 1.165) is 24.3 Å². The van der Waals surface area contributed by atoms with Crippen molar-refractivity contribution in [3.63, 3.8) is 0 Å². The Bertz CT molecular complexity index is 417. The van der Waals surface area contributed by atoms with Crippen LogP contribution in [0.15, 0.2) is 18.2 Å². The zero-order chi connectivity index (χ0) is 11.7. The highest BCUT2D eigenvalue weighted by molar-refractivity contribution is 6.31. The third-order valence-electron chi connectivity index (χ3n) is 3.01. The molecule has 0 spiro atoms. The van der Waals surface area contributed by atoms with Crippen LogP contribution in [0.1, 0.15) is 18.9 Å². The van der Waals surface area contributed by atoms with Crippen molar-refractivity contribution in [3.8, 4) is 0 Å². The van der Waals surface area contributed by atoms with Crippen LogP contribution in [-0.2, 0) is 0 Å². The summed E-state index contributed by atoms with van der Waals surface area (Å²) in [5.74, 6) is 0.785. The van der Waals surface area contributed by atoms with Crippen molar-refractivity contribution in [2.45, 2.75) is 13.3 Å². The summed E-state index contributed by atoms with van der Waals surface area (Å²) in [5, 5.41) is 8.21. The first-order valence-corrected chi connectivity index (χ1v) is 5.84. The van der Waals surface area contributed by atoms with Crippen molar-refractivity contribution in [2.24, 2.45) is 11.7 Å². The molecule has 4 heteroatoms. The third-order valence-corrected chi connectivity index (χ3v) is 3.25. The first-order valence-electron chi connectivity index (χ1n) is 5.47. The lowest BCUT2D eigenvalue weighted by atomic mass is 10.1. The number of halogens is 1. The first-order chi connectivity index (χ1) is 7.58. The Kier molecular flexibility index (Phi) is 3.06. The van der Waals surface area contributed by atoms with Gasteiger partial charge in [0.05, 0.1) is 0 Å². The molecule has 0 radical (unpaired) electrons. The highest BCUT2D eigenvalue weighted by Crippen LogP contribution is 2.28. The largest absolute Gasteiger partial charge is 0.384 e. The van der Waals surface area contributed by atoms with E-state index in [1.54, 1.807) is 6.07 Å². The van der Waals surface area contributed by atoms with E-state index in [-0.39, 0.29) is 5.84 Å². The van der Waals surface area contributed by atoms with Gasteiger partial charge in [0, 0.05) is 29.4 Å². The van der Waals surface area contributed by atoms with Crippen molar-refractivity contribution in [3.05, 3.63) is 28.8 Å². The predicted octanol–water partition coefficient (Wildman–Crippen LogP) is 2.47. The molecule has 2 rings (SSSR count). The monoisotopic (exact) mass is 237 g/mol. The van der Waals surface area contributed by atoms with Crippen molar-refractivity contribution in [1.82, 2.24) is 0 Å². The van der Waals surface area contributed by atoms with E-state index >= 15 is 0 Å². The smallest absolute Gasteiger partial charge is 0.124 e. The molecule has 0 saturated carbocycles. The Morgan fingerprint density at radius 2 is 2.31 bits per heavy atom. The number of hydrogen-bond acceptors (Lipinski definition) is 2. The molecule has 0 aliphatic carbocycles. The summed E-state index contributed by atoms with van der Waals surface area (Å²) in [4.78, 5) is 2.28. The van der Waals surface area contributed by atoms with E-state index in [9.17, 15) is 0 Å². The molecule has 3 N–H and O–H groups in total. The lowest BCUT2D eigenvalue weighted by molar-refractivity contribution is 0.659. The van der Waals surface area contributed by atoms with Crippen molar-refractivity contribution in [2.75, 3.05) is 18.0 Å². The molecule has 1 unspecified atom stereocenters. The minimum absolute atomic E-state index is 0.0806. The molecule has 1 fully saturated rings. The maximum atomic E-state index is 7.58. The summed E-state index contributed by atoms with van der Waals surface area (Å²) in [6.45, 7) is 4.30. The van der Waals surface area contributed by atoms with Gasteiger partial charge in [-0.3, -0.25) is 5.41 Å². The number of nitrogens with zero attached hydrogens (tertiary/aromatic N) is 1. The predicted molar refractivity (Wildman–Crippen MR) is 68.5 cm³/mol. The number of rotatable bonds is 2. The highest BCUT2D eigenvalue weighted by Gasteiger charge is 2.21. The molecule has 1 aliphatic rings. The van der Waals surface area contributed by atoms with Crippen LogP contribution in [0.3, 0.4) is 0 Å². The molecule has 0 aromatic heterocycles. The normalized spacial score (nSPS) is 20.1. The Morgan fingerprint density at radius 1 is 1.56 bits per heavy atom. The molecule has 86 valence electrons. The average Bonchev–Trinajstić information content (AvgIpc) is 2.64. The summed E-state index contributed by atoms with van der Waals surface area (Å²) < 4.78 is 0. The number of benzene rings is 1. The third kappa shape index (κ3) is 2.14. The number of nitrogens with two attached hydrogens (primary N) is 1. The number of nitrogens with one attached hydrogen (secondary N) is 1. The van der Waals surface area contributed by atoms with Crippen LogP contribution in [0, 0.1) is 11.3 Å². The number of anilines is 1. The van der Waals surface area contributed by atoms with Gasteiger partial charge >= 0.3 is 0 Å². The van der Waals surface area contributed by atoms with E-state index in [4.69, 9.17) is 22.7 Å². The molecule has 3 nitrogen and oxygen atoms in total. The quantitative estimate of drug-likeness (QED) is 0.613. The molecule has 1 atom stereocenters. The van der Waals surface area contributed by atoms with Gasteiger partial charge in [-0.05, 0) is 30.5 Å². The minimum atomic E-state index is 0.0806. The Morgan fingerprint density at radius 3 is 2.88 bits per heavy atom. The second-order valence-corrected chi connectivity index (χ2v) is 4.85. The Balaban J connectivity index is 2.36. The summed E-state index contributed by atoms with van der Waals surface area (Å²) >= 11 is 5.93. The molecule has 1 aromatic carbocycles. The molecule has 16 heavy (non-hydrogen) atoms. The zero-order valence-corrected chi connectivity index (χ0v) is 10.1. The van der Waals surface area contributed by atoms with Crippen LogP contribution < -0.4 is 10.6 Å². The summed E-state index contributed by atoms with van der Waals surface area (Å²) in [7, 11) is 0. The minimum Gasteiger partial charge on any atom is -0.384 e. The van der Waals surface area contributed by atoms with Crippen molar-refractivity contribution in [1.29, 1.82) is 5.41 Å². The molecular weight excluding hydrogens is 222 g/mol. The summed E-state index contributed by atoms with van der Waals surface area (Å²) in [6, 6.07) is 5.58. The summed E-state index contributed by atoms with van der Waals surface area (Å²) in [6.07, 6.45) is 1.19. The van der Waals surface area contributed by atoms with E-state index in [0.29, 0.717) is 10.9 Å². The topological polar surface area (TPSA) is 53.1 Å². The molecular formula is C12H16ClN3. The van der Waals surface area contributed by atoms with Gasteiger partial charge in [0.2, 0.25) is 0 Å². The van der Waals surface area contributed by atoms with Crippen molar-refractivity contribution >= 4 is 23.1 Å². The molecule has 1 heterocycles. The summed E-state index contributed by atoms with van der Waals surface area (Å²) in [5.41, 5.74) is 7.35. The Hall–Kier alpha value is -1.22. The fourth-order valence-electron chi connectivity index (χ4n) is 2.15. The van der Waals surface area contributed by atoms with E-state index < -0.39 is 0 Å². The van der Waals surface area contributed by atoms with Gasteiger partial charge in [0.1, 0.15) is 5.84 Å². The van der Waals surface area contributed by atoms with Crippen LogP contribution in [-0.4, -0.2) is 18.9 Å². The zero-order valence-electron chi connectivity index (χ0n) is 9.33. The Labute approximate surface area is 101 Å². The van der Waals surface area contributed by atoms with Gasteiger partial charge in [0.25, 0.3) is 0 Å². The van der Waals surface area contributed by atoms with Crippen LogP contribution in [0.2, 0.25) is 5.02 Å². The maximum absolute atomic E-state index is 7.58. The molecule has 1 aromatic rings. The van der Waals surface area contributed by atoms with Gasteiger partial charge in [-0.15, -0.1) is 0 Å². The number of nitrogen functional groups attached to an aromatic ring is 1. The van der Waals surface area contributed by atoms with E-state index in [1.165, 1.54) is 6.42 Å². The van der Waals surface area contributed by atoms with E-state index in [2.05, 4.69) is 11.8 Å². The second-order valence-electron chi connectivity index (χ2n) is 4.42. The highest BCUT2D eigenvalue weighted by atomic mass is 35.5. The SMILES string of the molecule is CC1CCN(c2ccc(Cl)cc2C(=N)N)C1. The van der Waals surface area contributed by atoms with Crippen LogP contribution in [0.4, 0.5) is 5.69 Å². The van der Waals surface area contributed by atoms with E-state index in [1.807, 2.05) is 12.1 Å². The lowest BCUT2D eigenvalue weighted by Crippen LogP contribution is -2.23. The van der Waals surface area contributed by atoms with Crippen LogP contribution in [0.5, 0.6) is 0 Å². The van der Waals surface area contributed by atoms with Crippen LogP contribution >= 0.6 is 11.6 Å². The number of amidine groups is 1. The van der Waals surface area contributed by atoms with Gasteiger partial charge in [0.15, 0.2) is 0 Å². The average molecular weight is 238 g/mol. The van der Waals surface area contributed by atoms with Gasteiger partial charge in [-0.1, -0.05) is 18.5 Å². The fraction of sp³-hybridized carbons (Fsp3) is 0.417. The lowest BCUT2D eigenvalue weighted by Gasteiger charge is -2.21. The molecule has 1 aliphatic heterocycles. The van der Waals surface area contributed by atoms with Crippen molar-refractivity contribution < 1.29 is 0 Å². The second kappa shape index (κ2) is 4.34. The molecule has 1 saturated heterocycles. The number of hydrogen-bond donors (Lipinski definition) is 2. The maximum Gasteiger partial charge on any atom is 0.124 e. The first kappa shape index (κ1) is 11.3. The molecule has 0 bridgehead atoms. The standard InChI is InChI=1S/C12H16ClN3/c1-8-4-5-16(7-8)11-3-2-9(13)6-10(11)12(14)15/h2-3,6,8H,4-5,7H2,1H3,(H3,14,15).